The van der Waals surface area contributed by atoms with E-state index in [9.17, 15) is 0 Å². The SMILES string of the molecule is CCN1CCN(C(CN)c2ccc(OC(C)C)c(Cl)c2)C(C)C1. The summed E-state index contributed by atoms with van der Waals surface area (Å²) in [5.74, 6) is 0.741. The highest BCUT2D eigenvalue weighted by atomic mass is 35.5. The molecule has 1 fully saturated rings. The van der Waals surface area contributed by atoms with Crippen LogP contribution in [0, 0.1) is 0 Å². The topological polar surface area (TPSA) is 41.7 Å². The molecular formula is C18H30ClN3O. The molecule has 2 unspecified atom stereocenters. The van der Waals surface area contributed by atoms with E-state index in [0.717, 1.165) is 31.9 Å². The van der Waals surface area contributed by atoms with Gasteiger partial charge in [0.2, 0.25) is 0 Å². The number of hydrogen-bond donors (Lipinski definition) is 1. The van der Waals surface area contributed by atoms with E-state index < -0.39 is 0 Å². The maximum Gasteiger partial charge on any atom is 0.138 e. The molecule has 0 saturated carbocycles. The van der Waals surface area contributed by atoms with Crippen molar-refractivity contribution in [2.24, 2.45) is 5.73 Å². The van der Waals surface area contributed by atoms with Crippen LogP contribution in [0.3, 0.4) is 0 Å². The van der Waals surface area contributed by atoms with Gasteiger partial charge in [-0.2, -0.15) is 0 Å². The summed E-state index contributed by atoms with van der Waals surface area (Å²) in [6, 6.07) is 6.76. The minimum Gasteiger partial charge on any atom is -0.489 e. The van der Waals surface area contributed by atoms with Crippen molar-refractivity contribution >= 4 is 11.6 Å². The summed E-state index contributed by atoms with van der Waals surface area (Å²) < 4.78 is 5.73. The Hall–Kier alpha value is -0.810. The number of likely N-dealkylation sites (N-methyl/N-ethyl adjacent to an activating group) is 1. The molecule has 2 N–H and O–H groups in total. The van der Waals surface area contributed by atoms with Crippen molar-refractivity contribution in [1.82, 2.24) is 9.80 Å². The third kappa shape index (κ3) is 4.60. The number of nitrogens with zero attached hydrogens (tertiary/aromatic N) is 2. The van der Waals surface area contributed by atoms with Crippen LogP contribution in [0.2, 0.25) is 5.02 Å². The van der Waals surface area contributed by atoms with Gasteiger partial charge in [-0.1, -0.05) is 24.6 Å². The highest BCUT2D eigenvalue weighted by Gasteiger charge is 2.29. The molecule has 1 aliphatic heterocycles. The lowest BCUT2D eigenvalue weighted by Gasteiger charge is -2.43. The molecule has 0 amide bonds. The van der Waals surface area contributed by atoms with Crippen molar-refractivity contribution in [2.75, 3.05) is 32.7 Å². The lowest BCUT2D eigenvalue weighted by Crippen LogP contribution is -2.53. The van der Waals surface area contributed by atoms with Crippen LogP contribution in [0.5, 0.6) is 5.75 Å². The van der Waals surface area contributed by atoms with E-state index in [1.165, 1.54) is 5.56 Å². The van der Waals surface area contributed by atoms with Gasteiger partial charge in [0.15, 0.2) is 0 Å². The monoisotopic (exact) mass is 339 g/mol. The second kappa shape index (κ2) is 8.34. The smallest absolute Gasteiger partial charge is 0.138 e. The standard InChI is InChI=1S/C18H30ClN3O/c1-5-21-8-9-22(14(4)12-21)17(11-20)15-6-7-18(16(19)10-15)23-13(2)3/h6-7,10,13-14,17H,5,8-9,11-12,20H2,1-4H3. The summed E-state index contributed by atoms with van der Waals surface area (Å²) in [4.78, 5) is 4.99. The zero-order valence-corrected chi connectivity index (χ0v) is 15.5. The van der Waals surface area contributed by atoms with Crippen LogP contribution >= 0.6 is 11.6 Å². The van der Waals surface area contributed by atoms with Gasteiger partial charge in [-0.25, -0.2) is 0 Å². The molecule has 23 heavy (non-hydrogen) atoms. The minimum atomic E-state index is 0.116. The van der Waals surface area contributed by atoms with Gasteiger partial charge in [-0.05, 0) is 45.0 Å². The third-order valence-corrected chi connectivity index (χ3v) is 4.83. The summed E-state index contributed by atoms with van der Waals surface area (Å²) in [6.45, 7) is 13.4. The summed E-state index contributed by atoms with van der Waals surface area (Å²) in [5, 5.41) is 0.662. The van der Waals surface area contributed by atoms with Crippen molar-refractivity contribution in [2.45, 2.75) is 45.9 Å². The number of ether oxygens (including phenoxy) is 1. The summed E-state index contributed by atoms with van der Waals surface area (Å²) in [6.07, 6.45) is 0.116. The largest absolute Gasteiger partial charge is 0.489 e. The Kier molecular flexibility index (Phi) is 6.72. The Morgan fingerprint density at radius 1 is 1.35 bits per heavy atom. The summed E-state index contributed by atoms with van der Waals surface area (Å²) >= 11 is 6.40. The molecule has 5 heteroatoms. The van der Waals surface area contributed by atoms with Crippen molar-refractivity contribution in [3.63, 3.8) is 0 Å². The van der Waals surface area contributed by atoms with Crippen LogP contribution in [0.4, 0.5) is 0 Å². The fraction of sp³-hybridized carbons (Fsp3) is 0.667. The van der Waals surface area contributed by atoms with Gasteiger partial charge in [0.25, 0.3) is 0 Å². The second-order valence-electron chi connectivity index (χ2n) is 6.59. The number of benzene rings is 1. The number of rotatable bonds is 6. The van der Waals surface area contributed by atoms with E-state index in [2.05, 4.69) is 29.7 Å². The Bertz CT molecular complexity index is 509. The lowest BCUT2D eigenvalue weighted by atomic mass is 10.0. The quantitative estimate of drug-likeness (QED) is 0.864. The fourth-order valence-electron chi connectivity index (χ4n) is 3.33. The molecular weight excluding hydrogens is 310 g/mol. The molecule has 0 aliphatic carbocycles. The van der Waals surface area contributed by atoms with E-state index >= 15 is 0 Å². The van der Waals surface area contributed by atoms with Gasteiger partial charge >= 0.3 is 0 Å². The first-order valence-corrected chi connectivity index (χ1v) is 8.98. The molecule has 4 nitrogen and oxygen atoms in total. The molecule has 2 atom stereocenters. The van der Waals surface area contributed by atoms with Crippen LogP contribution in [0.15, 0.2) is 18.2 Å². The molecule has 1 aromatic carbocycles. The Balaban J connectivity index is 2.16. The normalized spacial score (nSPS) is 21.6. The molecule has 1 aliphatic rings. The van der Waals surface area contributed by atoms with Crippen molar-refractivity contribution in [3.05, 3.63) is 28.8 Å². The fourth-order valence-corrected chi connectivity index (χ4v) is 3.57. The van der Waals surface area contributed by atoms with Crippen molar-refractivity contribution in [1.29, 1.82) is 0 Å². The Labute approximate surface area is 145 Å². The number of piperazine rings is 1. The van der Waals surface area contributed by atoms with Crippen LogP contribution in [-0.2, 0) is 0 Å². The van der Waals surface area contributed by atoms with E-state index in [4.69, 9.17) is 22.1 Å². The molecule has 1 saturated heterocycles. The van der Waals surface area contributed by atoms with Gasteiger partial charge in [0.1, 0.15) is 5.75 Å². The summed E-state index contributed by atoms with van der Waals surface area (Å²) in [5.41, 5.74) is 7.28. The average Bonchev–Trinajstić information content (AvgIpc) is 2.51. The Morgan fingerprint density at radius 2 is 2.09 bits per heavy atom. The first-order chi connectivity index (χ1) is 11.0. The molecule has 1 heterocycles. The zero-order chi connectivity index (χ0) is 17.0. The second-order valence-corrected chi connectivity index (χ2v) is 7.00. The number of nitrogens with two attached hydrogens (primary N) is 1. The molecule has 2 rings (SSSR count). The first-order valence-electron chi connectivity index (χ1n) is 8.60. The first kappa shape index (κ1) is 18.5. The van der Waals surface area contributed by atoms with Crippen LogP contribution < -0.4 is 10.5 Å². The van der Waals surface area contributed by atoms with E-state index in [1.807, 2.05) is 26.0 Å². The van der Waals surface area contributed by atoms with Gasteiger partial charge in [0, 0.05) is 38.3 Å². The summed E-state index contributed by atoms with van der Waals surface area (Å²) in [7, 11) is 0. The maximum absolute atomic E-state index is 6.40. The van der Waals surface area contributed by atoms with E-state index in [-0.39, 0.29) is 12.1 Å². The molecule has 1 aromatic rings. The van der Waals surface area contributed by atoms with Crippen molar-refractivity contribution in [3.8, 4) is 5.75 Å². The van der Waals surface area contributed by atoms with Crippen LogP contribution in [0.25, 0.3) is 0 Å². The maximum atomic E-state index is 6.40. The minimum absolute atomic E-state index is 0.116. The molecule has 0 spiro atoms. The molecule has 130 valence electrons. The van der Waals surface area contributed by atoms with E-state index in [1.54, 1.807) is 0 Å². The van der Waals surface area contributed by atoms with Gasteiger partial charge in [-0.15, -0.1) is 0 Å². The number of halogens is 1. The van der Waals surface area contributed by atoms with Crippen LogP contribution in [-0.4, -0.2) is 54.7 Å². The van der Waals surface area contributed by atoms with Gasteiger partial charge in [-0.3, -0.25) is 4.90 Å². The lowest BCUT2D eigenvalue weighted by molar-refractivity contribution is 0.0536. The predicted octanol–water partition coefficient (Wildman–Crippen LogP) is 3.15. The predicted molar refractivity (Wildman–Crippen MR) is 97.3 cm³/mol. The van der Waals surface area contributed by atoms with Gasteiger partial charge < -0.3 is 15.4 Å². The van der Waals surface area contributed by atoms with Crippen LogP contribution in [0.1, 0.15) is 39.3 Å². The third-order valence-electron chi connectivity index (χ3n) is 4.54. The molecule has 0 bridgehead atoms. The highest BCUT2D eigenvalue weighted by molar-refractivity contribution is 6.32. The van der Waals surface area contributed by atoms with Crippen molar-refractivity contribution < 1.29 is 4.74 Å². The molecule has 0 aromatic heterocycles. The van der Waals surface area contributed by atoms with Gasteiger partial charge in [0.05, 0.1) is 11.1 Å². The highest BCUT2D eigenvalue weighted by Crippen LogP contribution is 2.32. The molecule has 0 radical (unpaired) electrons. The van der Waals surface area contributed by atoms with E-state index in [0.29, 0.717) is 17.6 Å². The Morgan fingerprint density at radius 3 is 2.61 bits per heavy atom. The number of hydrogen-bond acceptors (Lipinski definition) is 4. The zero-order valence-electron chi connectivity index (χ0n) is 14.8. The average molecular weight is 340 g/mol.